The van der Waals surface area contributed by atoms with Crippen molar-refractivity contribution in [2.24, 2.45) is 0 Å². The predicted octanol–water partition coefficient (Wildman–Crippen LogP) is 4.91. The van der Waals surface area contributed by atoms with Gasteiger partial charge in [-0.15, -0.1) is 0 Å². The van der Waals surface area contributed by atoms with Crippen molar-refractivity contribution < 1.29 is 0 Å². The molecule has 0 heterocycles. The van der Waals surface area contributed by atoms with Gasteiger partial charge in [-0.2, -0.15) is 0 Å². The Morgan fingerprint density at radius 2 is 1.84 bits per heavy atom. The molecule has 0 amide bonds. The number of likely N-dealkylation sites (N-methyl/N-ethyl adjacent to an activating group) is 1. The molecule has 0 aliphatic carbocycles. The Balaban J connectivity index is 2.22. The second-order valence-electron chi connectivity index (χ2n) is 4.73. The average molecular weight is 339 g/mol. The van der Waals surface area contributed by atoms with Crippen LogP contribution in [0.15, 0.2) is 46.9 Å². The highest BCUT2D eigenvalue weighted by Crippen LogP contribution is 2.23. The number of aryl methyl sites for hydroxylation is 1. The zero-order chi connectivity index (χ0) is 13.8. The van der Waals surface area contributed by atoms with Gasteiger partial charge in [-0.1, -0.05) is 45.7 Å². The van der Waals surface area contributed by atoms with Gasteiger partial charge in [-0.25, -0.2) is 0 Å². The lowest BCUT2D eigenvalue weighted by Gasteiger charge is -2.18. The highest BCUT2D eigenvalue weighted by Gasteiger charge is 2.11. The van der Waals surface area contributed by atoms with E-state index in [-0.39, 0.29) is 6.04 Å². The maximum atomic E-state index is 6.14. The molecule has 0 aliphatic heterocycles. The molecule has 100 valence electrons. The van der Waals surface area contributed by atoms with E-state index >= 15 is 0 Å². The van der Waals surface area contributed by atoms with Crippen LogP contribution in [0.4, 0.5) is 0 Å². The van der Waals surface area contributed by atoms with Crippen LogP contribution in [0, 0.1) is 6.92 Å². The number of rotatable bonds is 4. The fraction of sp³-hybridized carbons (Fsp3) is 0.250. The van der Waals surface area contributed by atoms with Gasteiger partial charge in [0.25, 0.3) is 0 Å². The van der Waals surface area contributed by atoms with Crippen molar-refractivity contribution in [3.63, 3.8) is 0 Å². The van der Waals surface area contributed by atoms with Crippen LogP contribution in [-0.2, 0) is 6.42 Å². The van der Waals surface area contributed by atoms with Gasteiger partial charge in [0.2, 0.25) is 0 Å². The lowest BCUT2D eigenvalue weighted by Crippen LogP contribution is -2.19. The van der Waals surface area contributed by atoms with Crippen LogP contribution in [-0.4, -0.2) is 7.05 Å². The van der Waals surface area contributed by atoms with E-state index in [1.807, 2.05) is 19.2 Å². The highest BCUT2D eigenvalue weighted by atomic mass is 79.9. The standard InChI is InChI=1S/C16H17BrClN/c1-11-7-13(10-15(18)8-11)16(19-2)9-12-3-5-14(17)6-4-12/h3-8,10,16,19H,9H2,1-2H3. The molecule has 0 fully saturated rings. The topological polar surface area (TPSA) is 12.0 Å². The van der Waals surface area contributed by atoms with Crippen molar-refractivity contribution in [3.8, 4) is 0 Å². The molecule has 0 saturated heterocycles. The fourth-order valence-corrected chi connectivity index (χ4v) is 2.77. The van der Waals surface area contributed by atoms with Gasteiger partial charge in [-0.05, 0) is 61.3 Å². The van der Waals surface area contributed by atoms with E-state index in [0.29, 0.717) is 0 Å². The summed E-state index contributed by atoms with van der Waals surface area (Å²) < 4.78 is 1.11. The molecular formula is C16H17BrClN. The van der Waals surface area contributed by atoms with E-state index in [9.17, 15) is 0 Å². The zero-order valence-corrected chi connectivity index (χ0v) is 13.4. The lowest BCUT2D eigenvalue weighted by atomic mass is 9.98. The molecule has 0 aromatic heterocycles. The molecule has 2 aromatic carbocycles. The minimum absolute atomic E-state index is 0.276. The normalized spacial score (nSPS) is 12.4. The third kappa shape index (κ3) is 4.07. The molecular weight excluding hydrogens is 322 g/mol. The third-order valence-corrected chi connectivity index (χ3v) is 3.92. The summed E-state index contributed by atoms with van der Waals surface area (Å²) in [6.07, 6.45) is 0.948. The van der Waals surface area contributed by atoms with Gasteiger partial charge in [0.15, 0.2) is 0 Å². The van der Waals surface area contributed by atoms with Crippen LogP contribution >= 0.6 is 27.5 Å². The number of hydrogen-bond donors (Lipinski definition) is 1. The van der Waals surface area contributed by atoms with Gasteiger partial charge in [-0.3, -0.25) is 0 Å². The molecule has 2 aromatic rings. The van der Waals surface area contributed by atoms with E-state index in [1.165, 1.54) is 16.7 Å². The van der Waals surface area contributed by atoms with Gasteiger partial charge >= 0.3 is 0 Å². The molecule has 1 atom stereocenters. The van der Waals surface area contributed by atoms with Crippen LogP contribution in [0.5, 0.6) is 0 Å². The summed E-state index contributed by atoms with van der Waals surface area (Å²) in [5.41, 5.74) is 3.73. The quantitative estimate of drug-likeness (QED) is 0.835. The van der Waals surface area contributed by atoms with E-state index in [2.05, 4.69) is 58.5 Å². The van der Waals surface area contributed by atoms with Crippen molar-refractivity contribution >= 4 is 27.5 Å². The molecule has 2 rings (SSSR count). The van der Waals surface area contributed by atoms with E-state index in [4.69, 9.17) is 11.6 Å². The fourth-order valence-electron chi connectivity index (χ4n) is 2.21. The first-order valence-electron chi connectivity index (χ1n) is 6.27. The Kier molecular flexibility index (Phi) is 5.03. The Morgan fingerprint density at radius 1 is 1.16 bits per heavy atom. The van der Waals surface area contributed by atoms with Gasteiger partial charge in [0.05, 0.1) is 0 Å². The van der Waals surface area contributed by atoms with Crippen molar-refractivity contribution in [3.05, 3.63) is 68.7 Å². The van der Waals surface area contributed by atoms with Crippen molar-refractivity contribution in [2.75, 3.05) is 7.05 Å². The van der Waals surface area contributed by atoms with E-state index in [0.717, 1.165) is 15.9 Å². The maximum absolute atomic E-state index is 6.14. The summed E-state index contributed by atoms with van der Waals surface area (Å²) in [5, 5.41) is 4.16. The molecule has 0 aliphatic rings. The Hall–Kier alpha value is -0.830. The number of hydrogen-bond acceptors (Lipinski definition) is 1. The largest absolute Gasteiger partial charge is 0.313 e. The molecule has 0 saturated carbocycles. The van der Waals surface area contributed by atoms with Gasteiger partial charge < -0.3 is 5.32 Å². The Labute approximate surface area is 128 Å². The zero-order valence-electron chi connectivity index (χ0n) is 11.1. The summed E-state index contributed by atoms with van der Waals surface area (Å²) >= 11 is 9.60. The molecule has 1 nitrogen and oxygen atoms in total. The van der Waals surface area contributed by atoms with Crippen LogP contribution in [0.2, 0.25) is 5.02 Å². The van der Waals surface area contributed by atoms with Gasteiger partial charge in [0.1, 0.15) is 0 Å². The summed E-state index contributed by atoms with van der Waals surface area (Å²) in [4.78, 5) is 0. The van der Waals surface area contributed by atoms with Crippen molar-refractivity contribution in [1.82, 2.24) is 5.32 Å². The Morgan fingerprint density at radius 3 is 2.42 bits per heavy atom. The molecule has 3 heteroatoms. The summed E-state index contributed by atoms with van der Waals surface area (Å²) in [5.74, 6) is 0. The van der Waals surface area contributed by atoms with Gasteiger partial charge in [0, 0.05) is 15.5 Å². The van der Waals surface area contributed by atoms with E-state index < -0.39 is 0 Å². The van der Waals surface area contributed by atoms with Crippen molar-refractivity contribution in [1.29, 1.82) is 0 Å². The van der Waals surface area contributed by atoms with Crippen LogP contribution in [0.3, 0.4) is 0 Å². The molecule has 0 spiro atoms. The summed E-state index contributed by atoms with van der Waals surface area (Å²) in [6.45, 7) is 2.07. The van der Waals surface area contributed by atoms with Crippen LogP contribution in [0.1, 0.15) is 22.7 Å². The van der Waals surface area contributed by atoms with E-state index in [1.54, 1.807) is 0 Å². The SMILES string of the molecule is CNC(Cc1ccc(Br)cc1)c1cc(C)cc(Cl)c1. The summed E-state index contributed by atoms with van der Waals surface area (Å²) in [6, 6.07) is 14.9. The average Bonchev–Trinajstić information content (AvgIpc) is 2.37. The second-order valence-corrected chi connectivity index (χ2v) is 6.09. The molecule has 19 heavy (non-hydrogen) atoms. The first-order valence-corrected chi connectivity index (χ1v) is 7.44. The smallest absolute Gasteiger partial charge is 0.0411 e. The second kappa shape index (κ2) is 6.56. The first-order chi connectivity index (χ1) is 9.08. The molecule has 0 bridgehead atoms. The third-order valence-electron chi connectivity index (χ3n) is 3.17. The summed E-state index contributed by atoms with van der Waals surface area (Å²) in [7, 11) is 1.99. The van der Waals surface area contributed by atoms with Crippen LogP contribution in [0.25, 0.3) is 0 Å². The molecule has 1 N–H and O–H groups in total. The first kappa shape index (κ1) is 14.6. The minimum atomic E-state index is 0.276. The molecule has 1 unspecified atom stereocenters. The van der Waals surface area contributed by atoms with Crippen molar-refractivity contribution in [2.45, 2.75) is 19.4 Å². The predicted molar refractivity (Wildman–Crippen MR) is 85.8 cm³/mol. The monoisotopic (exact) mass is 337 g/mol. The highest BCUT2D eigenvalue weighted by molar-refractivity contribution is 9.10. The minimum Gasteiger partial charge on any atom is -0.313 e. The number of nitrogens with one attached hydrogen (secondary N) is 1. The lowest BCUT2D eigenvalue weighted by molar-refractivity contribution is 0.591. The Bertz CT molecular complexity index is 531. The maximum Gasteiger partial charge on any atom is 0.0411 e. The van der Waals surface area contributed by atoms with Crippen LogP contribution < -0.4 is 5.32 Å². The number of halogens is 2. The number of benzene rings is 2. The molecule has 0 radical (unpaired) electrons.